The molecule has 3 heterocycles. The highest BCUT2D eigenvalue weighted by Gasteiger charge is 2.25. The Balaban J connectivity index is 1.60. The molecule has 0 atom stereocenters. The molecule has 0 bridgehead atoms. The van der Waals surface area contributed by atoms with E-state index in [0.717, 1.165) is 26.2 Å². The van der Waals surface area contributed by atoms with Crippen molar-refractivity contribution in [2.75, 3.05) is 18.9 Å². The molecule has 1 amide bonds. The summed E-state index contributed by atoms with van der Waals surface area (Å²) in [5.74, 6) is 0.0854. The molecule has 1 N–H and O–H groups in total. The van der Waals surface area contributed by atoms with Crippen molar-refractivity contribution >= 4 is 49.4 Å². The summed E-state index contributed by atoms with van der Waals surface area (Å²) in [5.41, 5.74) is 1.51. The molecular weight excluding hydrogens is 416 g/mol. The largest absolute Gasteiger partial charge is 0.309 e. The van der Waals surface area contributed by atoms with Gasteiger partial charge in [-0.05, 0) is 11.4 Å². The zero-order valence-electron chi connectivity index (χ0n) is 14.8. The smallest absolute Gasteiger partial charge is 0.252 e. The van der Waals surface area contributed by atoms with Crippen LogP contribution in [0.15, 0.2) is 63.6 Å². The van der Waals surface area contributed by atoms with Gasteiger partial charge in [-0.3, -0.25) is 9.20 Å². The number of sulfonamides is 1. The van der Waals surface area contributed by atoms with Crippen LogP contribution in [-0.2, 0) is 14.8 Å². The fourth-order valence-electron chi connectivity index (χ4n) is 2.73. The molecule has 0 aliphatic carbocycles. The molecule has 0 fully saturated rings. The first kappa shape index (κ1) is 18.8. The van der Waals surface area contributed by atoms with Crippen molar-refractivity contribution in [1.29, 1.82) is 0 Å². The first-order valence-electron chi connectivity index (χ1n) is 8.27. The number of amides is 1. The van der Waals surface area contributed by atoms with Crippen LogP contribution in [0.2, 0.25) is 0 Å². The second-order valence-electron chi connectivity index (χ2n) is 5.97. The second kappa shape index (κ2) is 7.47. The van der Waals surface area contributed by atoms with Crippen LogP contribution in [0.4, 0.5) is 5.82 Å². The molecule has 7 nitrogen and oxygen atoms in total. The highest BCUT2D eigenvalue weighted by Crippen LogP contribution is 2.30. The highest BCUT2D eigenvalue weighted by molar-refractivity contribution is 7.91. The fraction of sp³-hybridized carbons (Fsp3) is 0.111. The zero-order valence-corrected chi connectivity index (χ0v) is 17.2. The van der Waals surface area contributed by atoms with Crippen molar-refractivity contribution in [2.45, 2.75) is 4.21 Å². The number of carbonyl (C=O) groups excluding carboxylic acids is 1. The lowest BCUT2D eigenvalue weighted by Crippen LogP contribution is -2.34. The van der Waals surface area contributed by atoms with Crippen molar-refractivity contribution in [1.82, 2.24) is 13.7 Å². The van der Waals surface area contributed by atoms with E-state index in [-0.39, 0.29) is 10.8 Å². The third kappa shape index (κ3) is 3.47. The number of rotatable bonds is 6. The van der Waals surface area contributed by atoms with E-state index in [4.69, 9.17) is 0 Å². The van der Waals surface area contributed by atoms with Crippen LogP contribution in [0.5, 0.6) is 0 Å². The summed E-state index contributed by atoms with van der Waals surface area (Å²) in [6.45, 7) is -0.300. The Hall–Kier alpha value is -2.53. The molecule has 0 saturated heterocycles. The predicted octanol–water partition coefficient (Wildman–Crippen LogP) is 3.38. The number of thiazole rings is 1. The van der Waals surface area contributed by atoms with E-state index >= 15 is 0 Å². The van der Waals surface area contributed by atoms with E-state index in [9.17, 15) is 13.2 Å². The van der Waals surface area contributed by atoms with Crippen LogP contribution in [0.1, 0.15) is 0 Å². The minimum absolute atomic E-state index is 0.206. The van der Waals surface area contributed by atoms with Crippen LogP contribution in [-0.4, -0.2) is 41.6 Å². The molecule has 3 aromatic heterocycles. The Morgan fingerprint density at radius 2 is 1.93 bits per heavy atom. The zero-order chi connectivity index (χ0) is 19.7. The van der Waals surface area contributed by atoms with Gasteiger partial charge in [0, 0.05) is 24.2 Å². The number of nitrogens with one attached hydrogen (secondary N) is 1. The third-order valence-electron chi connectivity index (χ3n) is 4.09. The first-order chi connectivity index (χ1) is 13.5. The predicted molar refractivity (Wildman–Crippen MR) is 111 cm³/mol. The lowest BCUT2D eigenvalue weighted by atomic mass is 10.1. The molecule has 0 aliphatic heterocycles. The van der Waals surface area contributed by atoms with Gasteiger partial charge in [0.15, 0.2) is 4.96 Å². The molecule has 0 radical (unpaired) electrons. The van der Waals surface area contributed by atoms with E-state index in [0.29, 0.717) is 11.5 Å². The van der Waals surface area contributed by atoms with Gasteiger partial charge >= 0.3 is 0 Å². The van der Waals surface area contributed by atoms with E-state index in [1.165, 1.54) is 24.5 Å². The number of anilines is 1. The summed E-state index contributed by atoms with van der Waals surface area (Å²) in [5, 5.41) is 6.39. The number of imidazole rings is 1. The van der Waals surface area contributed by atoms with Crippen molar-refractivity contribution in [3.63, 3.8) is 0 Å². The number of carbonyl (C=O) groups is 1. The van der Waals surface area contributed by atoms with Gasteiger partial charge in [0.25, 0.3) is 10.0 Å². The topological polar surface area (TPSA) is 83.8 Å². The molecule has 144 valence electrons. The Morgan fingerprint density at radius 1 is 1.14 bits per heavy atom. The number of fused-ring (bicyclic) bond motifs is 1. The molecule has 4 aromatic rings. The van der Waals surface area contributed by atoms with Crippen molar-refractivity contribution in [3.05, 3.63) is 59.4 Å². The number of aromatic nitrogens is 2. The summed E-state index contributed by atoms with van der Waals surface area (Å²) in [7, 11) is -2.30. The van der Waals surface area contributed by atoms with Crippen LogP contribution < -0.4 is 5.32 Å². The van der Waals surface area contributed by atoms with Gasteiger partial charge in [-0.2, -0.15) is 4.31 Å². The van der Waals surface area contributed by atoms with Crippen LogP contribution in [0.3, 0.4) is 0 Å². The Morgan fingerprint density at radius 3 is 2.64 bits per heavy atom. The van der Waals surface area contributed by atoms with Gasteiger partial charge in [0.1, 0.15) is 15.7 Å². The second-order valence-corrected chi connectivity index (χ2v) is 10.1. The van der Waals surface area contributed by atoms with Crippen LogP contribution >= 0.6 is 22.7 Å². The molecule has 0 spiro atoms. The highest BCUT2D eigenvalue weighted by atomic mass is 32.2. The number of nitrogens with zero attached hydrogens (tertiary/aromatic N) is 3. The van der Waals surface area contributed by atoms with E-state index < -0.39 is 15.9 Å². The average Bonchev–Trinajstić information content (AvgIpc) is 3.41. The lowest BCUT2D eigenvalue weighted by Gasteiger charge is -2.16. The normalized spacial score (nSPS) is 11.9. The molecule has 0 aliphatic rings. The minimum atomic E-state index is -3.69. The summed E-state index contributed by atoms with van der Waals surface area (Å²) < 4.78 is 28.1. The first-order valence-corrected chi connectivity index (χ1v) is 11.5. The monoisotopic (exact) mass is 432 g/mol. The SMILES string of the molecule is CN(CC(=O)Nc1c(-c2ccccc2)nc2sccn12)S(=O)(=O)c1cccs1. The van der Waals surface area contributed by atoms with Crippen LogP contribution in [0.25, 0.3) is 16.2 Å². The summed E-state index contributed by atoms with van der Waals surface area (Å²) in [4.78, 5) is 18.0. The average molecular weight is 433 g/mol. The minimum Gasteiger partial charge on any atom is -0.309 e. The molecule has 0 unspecified atom stereocenters. The van der Waals surface area contributed by atoms with Gasteiger partial charge in [-0.25, -0.2) is 13.4 Å². The number of hydrogen-bond acceptors (Lipinski definition) is 6. The van der Waals surface area contributed by atoms with Crippen molar-refractivity contribution in [2.24, 2.45) is 0 Å². The van der Waals surface area contributed by atoms with Gasteiger partial charge < -0.3 is 5.32 Å². The quantitative estimate of drug-likeness (QED) is 0.506. The van der Waals surface area contributed by atoms with E-state index in [2.05, 4.69) is 10.3 Å². The number of likely N-dealkylation sites (N-methyl/N-ethyl adjacent to an activating group) is 1. The maximum Gasteiger partial charge on any atom is 0.252 e. The van der Waals surface area contributed by atoms with Gasteiger partial charge in [0.2, 0.25) is 5.91 Å². The molecule has 0 saturated carbocycles. The fourth-order valence-corrected chi connectivity index (χ4v) is 5.77. The number of hydrogen-bond donors (Lipinski definition) is 1. The Bertz CT molecular complexity index is 1210. The van der Waals surface area contributed by atoms with Crippen molar-refractivity contribution < 1.29 is 13.2 Å². The van der Waals surface area contributed by atoms with Crippen LogP contribution in [0, 0.1) is 0 Å². The summed E-state index contributed by atoms with van der Waals surface area (Å²) in [6.07, 6.45) is 1.82. The maximum absolute atomic E-state index is 12.6. The Labute approximate surface area is 169 Å². The van der Waals surface area contributed by atoms with Gasteiger partial charge in [-0.15, -0.1) is 22.7 Å². The summed E-state index contributed by atoms with van der Waals surface area (Å²) >= 11 is 2.58. The molecule has 28 heavy (non-hydrogen) atoms. The number of benzene rings is 1. The van der Waals surface area contributed by atoms with E-state index in [1.54, 1.807) is 15.8 Å². The Kier molecular flexibility index (Phi) is 5.02. The van der Waals surface area contributed by atoms with Gasteiger partial charge in [0.05, 0.1) is 6.54 Å². The summed E-state index contributed by atoms with van der Waals surface area (Å²) in [6, 6.07) is 12.7. The van der Waals surface area contributed by atoms with E-state index in [1.807, 2.05) is 41.9 Å². The lowest BCUT2D eigenvalue weighted by molar-refractivity contribution is -0.116. The number of thiophene rings is 1. The maximum atomic E-state index is 12.6. The molecule has 1 aromatic carbocycles. The van der Waals surface area contributed by atoms with Gasteiger partial charge in [-0.1, -0.05) is 36.4 Å². The van der Waals surface area contributed by atoms with Crippen molar-refractivity contribution in [3.8, 4) is 11.3 Å². The molecule has 10 heteroatoms. The molecular formula is C18H16N4O3S3. The third-order valence-corrected chi connectivity index (χ3v) is 8.03. The standard InChI is InChI=1S/C18H16N4O3S3/c1-21(28(24,25)15-8-5-10-26-15)12-14(23)19-17-16(13-6-3-2-4-7-13)20-18-22(17)9-11-27-18/h2-11H,12H2,1H3,(H,19,23). The molecule has 4 rings (SSSR count).